The van der Waals surface area contributed by atoms with Gasteiger partial charge < -0.3 is 21.5 Å². The fourth-order valence-corrected chi connectivity index (χ4v) is 1.25. The standard InChI is InChI=1S/C10H19N3O3/c11-8(10(15)16)6-12-5-1-2-9(14)13-7-3-4-7/h7-8,12H,1-6,11H2,(H,13,14)(H,15,16). The molecule has 0 radical (unpaired) electrons. The quantitative estimate of drug-likeness (QED) is 0.402. The molecular weight excluding hydrogens is 210 g/mol. The minimum absolute atomic E-state index is 0.0758. The number of carboxylic acids is 1. The van der Waals surface area contributed by atoms with Gasteiger partial charge in [0.2, 0.25) is 5.91 Å². The molecule has 1 unspecified atom stereocenters. The van der Waals surface area contributed by atoms with Crippen molar-refractivity contribution in [2.75, 3.05) is 13.1 Å². The number of nitrogens with one attached hydrogen (secondary N) is 2. The Balaban J connectivity index is 1.90. The average Bonchev–Trinajstić information content (AvgIpc) is 3.00. The van der Waals surface area contributed by atoms with Gasteiger partial charge >= 0.3 is 5.97 Å². The predicted octanol–water partition coefficient (Wildman–Crippen LogP) is -0.953. The summed E-state index contributed by atoms with van der Waals surface area (Å²) < 4.78 is 0. The lowest BCUT2D eigenvalue weighted by Gasteiger charge is -2.08. The molecule has 92 valence electrons. The highest BCUT2D eigenvalue weighted by molar-refractivity contribution is 5.76. The highest BCUT2D eigenvalue weighted by Gasteiger charge is 2.22. The minimum atomic E-state index is -1.01. The highest BCUT2D eigenvalue weighted by atomic mass is 16.4. The Bertz CT molecular complexity index is 254. The van der Waals surface area contributed by atoms with E-state index in [0.29, 0.717) is 25.4 Å². The molecule has 1 saturated carbocycles. The molecule has 0 saturated heterocycles. The van der Waals surface area contributed by atoms with E-state index in [1.807, 2.05) is 0 Å². The minimum Gasteiger partial charge on any atom is -0.480 e. The zero-order valence-corrected chi connectivity index (χ0v) is 9.24. The molecule has 0 aromatic heterocycles. The Morgan fingerprint density at radius 1 is 1.44 bits per heavy atom. The van der Waals surface area contributed by atoms with E-state index in [4.69, 9.17) is 10.8 Å². The van der Waals surface area contributed by atoms with Crippen LogP contribution >= 0.6 is 0 Å². The van der Waals surface area contributed by atoms with Crippen LogP contribution in [0, 0.1) is 0 Å². The zero-order valence-electron chi connectivity index (χ0n) is 9.24. The van der Waals surface area contributed by atoms with Crippen molar-refractivity contribution in [2.45, 2.75) is 37.8 Å². The van der Waals surface area contributed by atoms with Gasteiger partial charge in [0.05, 0.1) is 0 Å². The molecule has 1 fully saturated rings. The monoisotopic (exact) mass is 229 g/mol. The van der Waals surface area contributed by atoms with Crippen molar-refractivity contribution in [3.05, 3.63) is 0 Å². The number of hydrogen-bond acceptors (Lipinski definition) is 4. The van der Waals surface area contributed by atoms with Gasteiger partial charge in [0.25, 0.3) is 0 Å². The summed E-state index contributed by atoms with van der Waals surface area (Å²) in [7, 11) is 0. The summed E-state index contributed by atoms with van der Waals surface area (Å²) in [4.78, 5) is 21.6. The third-order valence-corrected chi connectivity index (χ3v) is 2.38. The van der Waals surface area contributed by atoms with Gasteiger partial charge in [-0.2, -0.15) is 0 Å². The second-order valence-electron chi connectivity index (χ2n) is 4.09. The molecule has 6 nitrogen and oxygen atoms in total. The van der Waals surface area contributed by atoms with Crippen LogP contribution in [0.2, 0.25) is 0 Å². The van der Waals surface area contributed by atoms with Gasteiger partial charge in [0.15, 0.2) is 0 Å². The van der Waals surface area contributed by atoms with Crippen molar-refractivity contribution in [3.63, 3.8) is 0 Å². The molecule has 1 atom stereocenters. The maximum absolute atomic E-state index is 11.2. The molecule has 1 rings (SSSR count). The van der Waals surface area contributed by atoms with Gasteiger partial charge in [0.1, 0.15) is 6.04 Å². The first-order valence-corrected chi connectivity index (χ1v) is 5.58. The van der Waals surface area contributed by atoms with E-state index in [2.05, 4.69) is 10.6 Å². The Hall–Kier alpha value is -1.14. The maximum Gasteiger partial charge on any atom is 0.321 e. The number of rotatable bonds is 8. The second-order valence-corrected chi connectivity index (χ2v) is 4.09. The Kier molecular flexibility index (Phi) is 5.21. The van der Waals surface area contributed by atoms with Crippen LogP contribution in [-0.2, 0) is 9.59 Å². The summed E-state index contributed by atoms with van der Waals surface area (Å²) in [6, 6.07) is -0.471. The third-order valence-electron chi connectivity index (χ3n) is 2.38. The SMILES string of the molecule is NC(CNCCCC(=O)NC1CC1)C(=O)O. The van der Waals surface area contributed by atoms with Gasteiger partial charge in [-0.05, 0) is 25.8 Å². The summed E-state index contributed by atoms with van der Waals surface area (Å²) in [6.07, 6.45) is 3.37. The Labute approximate surface area is 94.6 Å². The van der Waals surface area contributed by atoms with E-state index in [1.165, 1.54) is 0 Å². The molecule has 0 bridgehead atoms. The van der Waals surface area contributed by atoms with Gasteiger partial charge in [-0.1, -0.05) is 0 Å². The number of carbonyl (C=O) groups is 2. The van der Waals surface area contributed by atoms with Crippen LogP contribution < -0.4 is 16.4 Å². The van der Waals surface area contributed by atoms with Gasteiger partial charge in [-0.3, -0.25) is 9.59 Å². The molecule has 0 heterocycles. The number of aliphatic carboxylic acids is 1. The molecule has 0 aliphatic heterocycles. The first kappa shape index (κ1) is 12.9. The molecular formula is C10H19N3O3. The van der Waals surface area contributed by atoms with Crippen molar-refractivity contribution >= 4 is 11.9 Å². The van der Waals surface area contributed by atoms with E-state index >= 15 is 0 Å². The van der Waals surface area contributed by atoms with Crippen molar-refractivity contribution in [2.24, 2.45) is 5.73 Å². The topological polar surface area (TPSA) is 104 Å². The highest BCUT2D eigenvalue weighted by Crippen LogP contribution is 2.18. The van der Waals surface area contributed by atoms with Crippen LogP contribution in [0.15, 0.2) is 0 Å². The fraction of sp³-hybridized carbons (Fsp3) is 0.800. The van der Waals surface area contributed by atoms with Crippen LogP contribution in [-0.4, -0.2) is 42.2 Å². The van der Waals surface area contributed by atoms with Crippen molar-refractivity contribution in [3.8, 4) is 0 Å². The van der Waals surface area contributed by atoms with E-state index in [-0.39, 0.29) is 12.5 Å². The second kappa shape index (κ2) is 6.44. The van der Waals surface area contributed by atoms with E-state index in [9.17, 15) is 9.59 Å². The van der Waals surface area contributed by atoms with E-state index in [0.717, 1.165) is 12.8 Å². The van der Waals surface area contributed by atoms with Crippen molar-refractivity contribution in [1.82, 2.24) is 10.6 Å². The molecule has 0 spiro atoms. The lowest BCUT2D eigenvalue weighted by molar-refractivity contribution is -0.138. The summed E-state index contributed by atoms with van der Waals surface area (Å²) in [5.41, 5.74) is 5.29. The van der Waals surface area contributed by atoms with Crippen LogP contribution in [0.4, 0.5) is 0 Å². The summed E-state index contributed by atoms with van der Waals surface area (Å²) >= 11 is 0. The number of hydrogen-bond donors (Lipinski definition) is 4. The van der Waals surface area contributed by atoms with Crippen LogP contribution in [0.1, 0.15) is 25.7 Å². The van der Waals surface area contributed by atoms with Gasteiger partial charge in [-0.25, -0.2) is 0 Å². The molecule has 1 aliphatic rings. The predicted molar refractivity (Wildman–Crippen MR) is 58.9 cm³/mol. The van der Waals surface area contributed by atoms with E-state index < -0.39 is 12.0 Å². The average molecular weight is 229 g/mol. The fourth-order valence-electron chi connectivity index (χ4n) is 1.25. The lowest BCUT2D eigenvalue weighted by atomic mass is 10.2. The maximum atomic E-state index is 11.2. The summed E-state index contributed by atoms with van der Waals surface area (Å²) in [6.45, 7) is 0.846. The largest absolute Gasteiger partial charge is 0.480 e. The molecule has 5 N–H and O–H groups in total. The number of carbonyl (C=O) groups excluding carboxylic acids is 1. The molecule has 6 heteroatoms. The van der Waals surface area contributed by atoms with Gasteiger partial charge in [-0.15, -0.1) is 0 Å². The normalized spacial score (nSPS) is 16.8. The van der Waals surface area contributed by atoms with Crippen LogP contribution in [0.5, 0.6) is 0 Å². The molecule has 1 aliphatic carbocycles. The number of nitrogens with two attached hydrogens (primary N) is 1. The van der Waals surface area contributed by atoms with Crippen LogP contribution in [0.25, 0.3) is 0 Å². The molecule has 0 aromatic rings. The van der Waals surface area contributed by atoms with Gasteiger partial charge in [0, 0.05) is 19.0 Å². The zero-order chi connectivity index (χ0) is 12.0. The summed E-state index contributed by atoms with van der Waals surface area (Å²) in [5.74, 6) is -0.939. The van der Waals surface area contributed by atoms with Crippen molar-refractivity contribution < 1.29 is 14.7 Å². The molecule has 1 amide bonds. The van der Waals surface area contributed by atoms with Crippen molar-refractivity contribution in [1.29, 1.82) is 0 Å². The van der Waals surface area contributed by atoms with Crippen LogP contribution in [0.3, 0.4) is 0 Å². The lowest BCUT2D eigenvalue weighted by Crippen LogP contribution is -2.40. The number of carboxylic acid groups (broad SMARTS) is 1. The smallest absolute Gasteiger partial charge is 0.321 e. The number of amides is 1. The Morgan fingerprint density at radius 3 is 2.69 bits per heavy atom. The Morgan fingerprint density at radius 2 is 2.12 bits per heavy atom. The first-order chi connectivity index (χ1) is 7.59. The molecule has 16 heavy (non-hydrogen) atoms. The first-order valence-electron chi connectivity index (χ1n) is 5.58. The molecule has 0 aromatic carbocycles. The van der Waals surface area contributed by atoms with E-state index in [1.54, 1.807) is 0 Å². The summed E-state index contributed by atoms with van der Waals surface area (Å²) in [5, 5.41) is 14.3. The third kappa shape index (κ3) is 5.67.